The van der Waals surface area contributed by atoms with E-state index in [0.717, 1.165) is 51.5 Å². The van der Waals surface area contributed by atoms with Gasteiger partial charge in [-0.15, -0.1) is 12.4 Å². The summed E-state index contributed by atoms with van der Waals surface area (Å²) in [5.74, 6) is 0.270. The minimum Gasteiger partial charge on any atom is -0.497 e. The maximum absolute atomic E-state index is 13.2. The summed E-state index contributed by atoms with van der Waals surface area (Å²) in [6.07, 6.45) is -1.48. The molecule has 0 radical (unpaired) electrons. The fourth-order valence-electron chi connectivity index (χ4n) is 3.05. The number of nitrogens with zero attached hydrogens (tertiary/aromatic N) is 1. The van der Waals surface area contributed by atoms with Crippen molar-refractivity contribution < 1.29 is 17.9 Å². The van der Waals surface area contributed by atoms with Gasteiger partial charge in [0.1, 0.15) is 5.75 Å². The highest BCUT2D eigenvalue weighted by Gasteiger charge is 2.33. The van der Waals surface area contributed by atoms with Gasteiger partial charge in [-0.3, -0.25) is 4.90 Å². The second kappa shape index (κ2) is 9.49. The lowest BCUT2D eigenvalue weighted by Crippen LogP contribution is -2.45. The summed E-state index contributed by atoms with van der Waals surface area (Å²) in [5, 5.41) is 3.29. The Labute approximate surface area is 148 Å². The van der Waals surface area contributed by atoms with Crippen LogP contribution in [0.2, 0.25) is 0 Å². The lowest BCUT2D eigenvalue weighted by atomic mass is 9.96. The van der Waals surface area contributed by atoms with Gasteiger partial charge in [0.25, 0.3) is 0 Å². The number of unbranched alkanes of at least 4 members (excludes halogenated alkanes) is 1. The maximum Gasteiger partial charge on any atom is 0.416 e. The molecule has 24 heavy (non-hydrogen) atoms. The number of alkyl halides is 3. The number of hydrogen-bond donors (Lipinski definition) is 1. The monoisotopic (exact) mass is 366 g/mol. The summed E-state index contributed by atoms with van der Waals surface area (Å²) in [6, 6.07) is 4.11. The van der Waals surface area contributed by atoms with Crippen LogP contribution >= 0.6 is 12.4 Å². The van der Waals surface area contributed by atoms with Gasteiger partial charge in [0.05, 0.1) is 12.7 Å². The second-order valence-corrected chi connectivity index (χ2v) is 5.94. The molecule has 138 valence electrons. The molecule has 1 heterocycles. The molecular formula is C17H26ClF3N2O. The molecule has 0 spiro atoms. The molecule has 7 heteroatoms. The predicted octanol–water partition coefficient (Wildman–Crippen LogP) is 4.27. The van der Waals surface area contributed by atoms with E-state index >= 15 is 0 Å². The van der Waals surface area contributed by atoms with Crippen molar-refractivity contribution in [1.82, 2.24) is 10.2 Å². The molecular weight excluding hydrogens is 341 g/mol. The van der Waals surface area contributed by atoms with Crippen LogP contribution in [0.1, 0.15) is 43.4 Å². The van der Waals surface area contributed by atoms with Crippen LogP contribution in [0.15, 0.2) is 18.2 Å². The fraction of sp³-hybridized carbons (Fsp3) is 0.647. The first-order chi connectivity index (χ1) is 11.0. The molecule has 0 amide bonds. The Morgan fingerprint density at radius 3 is 2.42 bits per heavy atom. The molecule has 1 aliphatic heterocycles. The van der Waals surface area contributed by atoms with Crippen LogP contribution in [0.3, 0.4) is 0 Å². The number of nitrogens with one attached hydrogen (secondary N) is 1. The third-order valence-electron chi connectivity index (χ3n) is 4.30. The van der Waals surface area contributed by atoms with E-state index in [9.17, 15) is 13.2 Å². The van der Waals surface area contributed by atoms with Crippen molar-refractivity contribution in [2.24, 2.45) is 0 Å². The van der Waals surface area contributed by atoms with E-state index in [4.69, 9.17) is 4.74 Å². The Bertz CT molecular complexity index is 505. The molecule has 3 nitrogen and oxygen atoms in total. The van der Waals surface area contributed by atoms with Crippen LogP contribution in [0.5, 0.6) is 5.75 Å². The van der Waals surface area contributed by atoms with E-state index in [1.54, 1.807) is 6.07 Å². The first-order valence-electron chi connectivity index (χ1n) is 8.16. The van der Waals surface area contributed by atoms with Crippen molar-refractivity contribution in [3.63, 3.8) is 0 Å². The average molecular weight is 367 g/mol. The Hall–Kier alpha value is -0.980. The summed E-state index contributed by atoms with van der Waals surface area (Å²) in [6.45, 7) is 5.55. The number of piperazine rings is 1. The first kappa shape index (κ1) is 21.1. The minimum atomic E-state index is -4.36. The van der Waals surface area contributed by atoms with Gasteiger partial charge in [-0.2, -0.15) is 13.2 Å². The van der Waals surface area contributed by atoms with E-state index in [2.05, 4.69) is 17.1 Å². The van der Waals surface area contributed by atoms with Crippen molar-refractivity contribution in [3.05, 3.63) is 29.3 Å². The van der Waals surface area contributed by atoms with Crippen LogP contribution in [0.25, 0.3) is 0 Å². The van der Waals surface area contributed by atoms with E-state index < -0.39 is 11.7 Å². The lowest BCUT2D eigenvalue weighted by molar-refractivity contribution is -0.137. The summed E-state index contributed by atoms with van der Waals surface area (Å²) in [7, 11) is 1.41. The quantitative estimate of drug-likeness (QED) is 0.813. The molecule has 1 aliphatic rings. The van der Waals surface area contributed by atoms with Crippen LogP contribution in [0.4, 0.5) is 13.2 Å². The molecule has 1 N–H and O–H groups in total. The third kappa shape index (κ3) is 5.53. The predicted molar refractivity (Wildman–Crippen MR) is 92.0 cm³/mol. The Balaban J connectivity index is 0.00000288. The molecule has 1 aromatic rings. The summed E-state index contributed by atoms with van der Waals surface area (Å²) in [5.41, 5.74) is 0.0653. The topological polar surface area (TPSA) is 24.5 Å². The van der Waals surface area contributed by atoms with Crippen LogP contribution in [0, 0.1) is 0 Å². The first-order valence-corrected chi connectivity index (χ1v) is 8.16. The van der Waals surface area contributed by atoms with E-state index in [1.807, 2.05) is 0 Å². The molecule has 0 aromatic heterocycles. The van der Waals surface area contributed by atoms with Gasteiger partial charge in [0.15, 0.2) is 0 Å². The lowest BCUT2D eigenvalue weighted by Gasteiger charge is -2.35. The normalized spacial score (nSPS) is 17.2. The molecule has 0 saturated carbocycles. The largest absolute Gasteiger partial charge is 0.497 e. The molecule has 1 aromatic carbocycles. The SMILES string of the molecule is CCCC[C@@H](c1cc(OC)cc(C(F)(F)F)c1)N1CCNCC1.Cl. The van der Waals surface area contributed by atoms with Crippen LogP contribution in [-0.2, 0) is 6.18 Å². The average Bonchev–Trinajstić information content (AvgIpc) is 2.55. The highest BCUT2D eigenvalue weighted by Crippen LogP contribution is 2.36. The summed E-state index contributed by atoms with van der Waals surface area (Å²) >= 11 is 0. The van der Waals surface area contributed by atoms with Crippen molar-refractivity contribution in [1.29, 1.82) is 0 Å². The zero-order valence-corrected chi connectivity index (χ0v) is 15.0. The molecule has 1 atom stereocenters. The highest BCUT2D eigenvalue weighted by atomic mass is 35.5. The van der Waals surface area contributed by atoms with E-state index in [1.165, 1.54) is 13.2 Å². The van der Waals surface area contributed by atoms with Crippen LogP contribution < -0.4 is 10.1 Å². The highest BCUT2D eigenvalue weighted by molar-refractivity contribution is 5.85. The Morgan fingerprint density at radius 2 is 1.88 bits per heavy atom. The van der Waals surface area contributed by atoms with Gasteiger partial charge in [-0.25, -0.2) is 0 Å². The van der Waals surface area contributed by atoms with Gasteiger partial charge in [0, 0.05) is 32.2 Å². The molecule has 0 aliphatic carbocycles. The second-order valence-electron chi connectivity index (χ2n) is 5.94. The minimum absolute atomic E-state index is 0. The van der Waals surface area contributed by atoms with Crippen molar-refractivity contribution in [2.75, 3.05) is 33.3 Å². The van der Waals surface area contributed by atoms with Gasteiger partial charge in [-0.05, 0) is 30.2 Å². The van der Waals surface area contributed by atoms with Crippen molar-refractivity contribution in [3.8, 4) is 5.75 Å². The summed E-state index contributed by atoms with van der Waals surface area (Å²) in [4.78, 5) is 2.28. The molecule has 2 rings (SSSR count). The maximum atomic E-state index is 13.2. The molecule has 0 unspecified atom stereocenters. The van der Waals surface area contributed by atoms with Crippen LogP contribution in [-0.4, -0.2) is 38.2 Å². The molecule has 1 fully saturated rings. The number of rotatable bonds is 6. The van der Waals surface area contributed by atoms with Crippen molar-refractivity contribution >= 4 is 12.4 Å². The number of methoxy groups -OCH3 is 1. The Kier molecular flexibility index (Phi) is 8.33. The third-order valence-corrected chi connectivity index (χ3v) is 4.30. The van der Waals surface area contributed by atoms with Gasteiger partial charge in [-0.1, -0.05) is 19.8 Å². The number of benzene rings is 1. The number of ether oxygens (including phenoxy) is 1. The zero-order chi connectivity index (χ0) is 16.9. The molecule has 1 saturated heterocycles. The fourth-order valence-corrected chi connectivity index (χ4v) is 3.05. The van der Waals surface area contributed by atoms with Gasteiger partial charge in [0.2, 0.25) is 0 Å². The van der Waals surface area contributed by atoms with Gasteiger partial charge < -0.3 is 10.1 Å². The van der Waals surface area contributed by atoms with E-state index in [0.29, 0.717) is 5.56 Å². The number of hydrogen-bond acceptors (Lipinski definition) is 3. The summed E-state index contributed by atoms with van der Waals surface area (Å²) < 4.78 is 44.6. The molecule has 0 bridgehead atoms. The zero-order valence-electron chi connectivity index (χ0n) is 14.2. The standard InChI is InChI=1S/C17H25F3N2O.ClH/c1-3-4-5-16(22-8-6-21-7-9-22)13-10-14(17(18,19)20)12-15(11-13)23-2;/h10-12,16,21H,3-9H2,1-2H3;1H/t16-;/m0./s1. The smallest absolute Gasteiger partial charge is 0.416 e. The number of halogens is 4. The van der Waals surface area contributed by atoms with E-state index in [-0.39, 0.29) is 24.2 Å². The Morgan fingerprint density at radius 1 is 1.21 bits per heavy atom. The van der Waals surface area contributed by atoms with Gasteiger partial charge >= 0.3 is 6.18 Å². The van der Waals surface area contributed by atoms with Crippen molar-refractivity contribution in [2.45, 2.75) is 38.4 Å².